The van der Waals surface area contributed by atoms with E-state index in [1.165, 1.54) is 9.75 Å². The van der Waals surface area contributed by atoms with Gasteiger partial charge in [-0.2, -0.15) is 0 Å². The van der Waals surface area contributed by atoms with Gasteiger partial charge in [-0.15, -0.1) is 17.9 Å². The van der Waals surface area contributed by atoms with Gasteiger partial charge in [-0.05, 0) is 36.8 Å². The highest BCUT2D eigenvalue weighted by atomic mass is 32.1. The number of hydrogen-bond acceptors (Lipinski definition) is 4. The van der Waals surface area contributed by atoms with Crippen LogP contribution in [0.25, 0.3) is 0 Å². The number of benzene rings is 1. The van der Waals surface area contributed by atoms with Crippen molar-refractivity contribution in [1.29, 1.82) is 0 Å². The topological polar surface area (TPSA) is 55.6 Å². The molecule has 0 aliphatic rings. The first-order chi connectivity index (χ1) is 11.1. The predicted octanol–water partition coefficient (Wildman–Crippen LogP) is 3.11. The quantitative estimate of drug-likeness (QED) is 0.719. The Bertz CT molecular complexity index is 667. The first-order valence-electron chi connectivity index (χ1n) is 7.45. The Labute approximate surface area is 141 Å². The van der Waals surface area contributed by atoms with Gasteiger partial charge in [0.1, 0.15) is 5.75 Å². The summed E-state index contributed by atoms with van der Waals surface area (Å²) in [6, 6.07) is 12.1. The number of amides is 1. The lowest BCUT2D eigenvalue weighted by Gasteiger charge is -2.20. The zero-order valence-electron chi connectivity index (χ0n) is 13.3. The van der Waals surface area contributed by atoms with Crippen LogP contribution in [-0.4, -0.2) is 24.0 Å². The molecule has 5 heteroatoms. The maximum Gasteiger partial charge on any atom is 0.255 e. The van der Waals surface area contributed by atoms with Gasteiger partial charge in [-0.25, -0.2) is 0 Å². The summed E-state index contributed by atoms with van der Waals surface area (Å²) < 4.78 is 5.36. The van der Waals surface area contributed by atoms with Crippen molar-refractivity contribution in [2.24, 2.45) is 5.73 Å². The molecule has 0 atom stereocenters. The molecule has 0 unspecified atom stereocenters. The van der Waals surface area contributed by atoms with Gasteiger partial charge in [-0.3, -0.25) is 9.69 Å². The summed E-state index contributed by atoms with van der Waals surface area (Å²) in [5.74, 6) is 0.184. The van der Waals surface area contributed by atoms with Crippen LogP contribution in [0, 0.1) is 6.92 Å². The molecule has 0 saturated heterocycles. The van der Waals surface area contributed by atoms with Gasteiger partial charge in [0.2, 0.25) is 0 Å². The van der Waals surface area contributed by atoms with Gasteiger partial charge < -0.3 is 10.5 Å². The van der Waals surface area contributed by atoms with Crippen LogP contribution >= 0.6 is 11.3 Å². The third-order valence-electron chi connectivity index (χ3n) is 3.25. The first kappa shape index (κ1) is 17.2. The molecule has 2 aromatic rings. The standard InChI is InChI=1S/C18H22N2O2S/c1-3-9-20(12-17-8-7-14(2)23-17)11-15-5-4-6-16(10-15)22-13-18(19)21/h3-8,10H,1,9,11-13H2,2H3,(H2,19,21). The van der Waals surface area contributed by atoms with Crippen molar-refractivity contribution in [1.82, 2.24) is 4.90 Å². The largest absolute Gasteiger partial charge is 0.484 e. The van der Waals surface area contributed by atoms with Gasteiger partial charge >= 0.3 is 0 Å². The molecule has 0 aliphatic carbocycles. The second-order valence-corrected chi connectivity index (χ2v) is 6.75. The smallest absolute Gasteiger partial charge is 0.255 e. The molecule has 1 heterocycles. The highest BCUT2D eigenvalue weighted by molar-refractivity contribution is 7.11. The molecule has 1 amide bonds. The average Bonchev–Trinajstić information content (AvgIpc) is 2.91. The molecule has 0 saturated carbocycles. The third kappa shape index (κ3) is 5.88. The van der Waals surface area contributed by atoms with Crippen molar-refractivity contribution >= 4 is 17.2 Å². The van der Waals surface area contributed by atoms with Crippen molar-refractivity contribution in [2.45, 2.75) is 20.0 Å². The van der Waals surface area contributed by atoms with Gasteiger partial charge in [0.25, 0.3) is 5.91 Å². The Hall–Kier alpha value is -2.11. The highest BCUT2D eigenvalue weighted by Crippen LogP contribution is 2.20. The minimum Gasteiger partial charge on any atom is -0.484 e. The summed E-state index contributed by atoms with van der Waals surface area (Å²) in [6.45, 7) is 8.34. The number of carbonyl (C=O) groups excluding carboxylic acids is 1. The van der Waals surface area contributed by atoms with Crippen LogP contribution in [0.1, 0.15) is 15.3 Å². The Kier molecular flexibility index (Phi) is 6.38. The minimum absolute atomic E-state index is 0.103. The third-order valence-corrected chi connectivity index (χ3v) is 4.23. The van der Waals surface area contributed by atoms with E-state index >= 15 is 0 Å². The van der Waals surface area contributed by atoms with E-state index in [4.69, 9.17) is 10.5 Å². The second kappa shape index (κ2) is 8.50. The summed E-state index contributed by atoms with van der Waals surface area (Å²) in [6.07, 6.45) is 1.91. The Morgan fingerprint density at radius 3 is 2.83 bits per heavy atom. The summed E-state index contributed by atoms with van der Waals surface area (Å²) in [4.78, 5) is 15.8. The molecular weight excluding hydrogens is 308 g/mol. The number of hydrogen-bond donors (Lipinski definition) is 1. The molecule has 0 radical (unpaired) electrons. The molecule has 2 N–H and O–H groups in total. The van der Waals surface area contributed by atoms with E-state index in [1.54, 1.807) is 0 Å². The van der Waals surface area contributed by atoms with Gasteiger partial charge in [0, 0.05) is 29.4 Å². The van der Waals surface area contributed by atoms with E-state index in [2.05, 4.69) is 30.5 Å². The zero-order valence-corrected chi connectivity index (χ0v) is 14.1. The van der Waals surface area contributed by atoms with Crippen molar-refractivity contribution in [3.8, 4) is 5.75 Å². The molecule has 1 aromatic heterocycles. The van der Waals surface area contributed by atoms with Crippen LogP contribution in [-0.2, 0) is 17.9 Å². The molecule has 0 spiro atoms. The molecule has 0 fully saturated rings. The average molecular weight is 330 g/mol. The van der Waals surface area contributed by atoms with E-state index in [0.29, 0.717) is 5.75 Å². The lowest BCUT2D eigenvalue weighted by Crippen LogP contribution is -2.22. The van der Waals surface area contributed by atoms with Crippen molar-refractivity contribution in [3.63, 3.8) is 0 Å². The van der Waals surface area contributed by atoms with E-state index in [9.17, 15) is 4.79 Å². The van der Waals surface area contributed by atoms with E-state index in [1.807, 2.05) is 41.7 Å². The first-order valence-corrected chi connectivity index (χ1v) is 8.27. The summed E-state index contributed by atoms with van der Waals surface area (Å²) in [5.41, 5.74) is 6.23. The fraction of sp³-hybridized carbons (Fsp3) is 0.278. The minimum atomic E-state index is -0.475. The molecule has 0 aliphatic heterocycles. The van der Waals surface area contributed by atoms with Crippen LogP contribution in [0.3, 0.4) is 0 Å². The van der Waals surface area contributed by atoms with Crippen molar-refractivity contribution < 1.29 is 9.53 Å². The number of nitrogens with two attached hydrogens (primary N) is 1. The summed E-state index contributed by atoms with van der Waals surface area (Å²) in [5, 5.41) is 0. The second-order valence-electron chi connectivity index (χ2n) is 5.37. The predicted molar refractivity (Wildman–Crippen MR) is 94.5 cm³/mol. The number of aryl methyl sites for hydroxylation is 1. The number of rotatable bonds is 9. The van der Waals surface area contributed by atoms with E-state index in [-0.39, 0.29) is 6.61 Å². The lowest BCUT2D eigenvalue weighted by atomic mass is 10.2. The molecule has 23 heavy (non-hydrogen) atoms. The number of primary amides is 1. The van der Waals surface area contributed by atoms with Crippen LogP contribution in [0.4, 0.5) is 0 Å². The number of ether oxygens (including phenoxy) is 1. The number of thiophene rings is 1. The molecule has 122 valence electrons. The zero-order chi connectivity index (χ0) is 16.7. The Morgan fingerprint density at radius 2 is 2.17 bits per heavy atom. The van der Waals surface area contributed by atoms with E-state index in [0.717, 1.165) is 25.2 Å². The van der Waals surface area contributed by atoms with Crippen molar-refractivity contribution in [2.75, 3.05) is 13.2 Å². The lowest BCUT2D eigenvalue weighted by molar-refractivity contribution is -0.119. The number of carbonyl (C=O) groups is 1. The monoisotopic (exact) mass is 330 g/mol. The normalized spacial score (nSPS) is 10.7. The van der Waals surface area contributed by atoms with Crippen LogP contribution in [0.5, 0.6) is 5.75 Å². The maximum atomic E-state index is 10.8. The van der Waals surface area contributed by atoms with Gasteiger partial charge in [0.05, 0.1) is 0 Å². The van der Waals surface area contributed by atoms with Crippen LogP contribution in [0.15, 0.2) is 49.1 Å². The number of nitrogens with zero attached hydrogens (tertiary/aromatic N) is 1. The van der Waals surface area contributed by atoms with Crippen LogP contribution < -0.4 is 10.5 Å². The van der Waals surface area contributed by atoms with Crippen molar-refractivity contribution in [3.05, 3.63) is 64.4 Å². The fourth-order valence-electron chi connectivity index (χ4n) is 2.30. The van der Waals surface area contributed by atoms with Gasteiger partial charge in [0.15, 0.2) is 6.61 Å². The molecule has 1 aromatic carbocycles. The van der Waals surface area contributed by atoms with Gasteiger partial charge in [-0.1, -0.05) is 18.2 Å². The SMILES string of the molecule is C=CCN(Cc1cccc(OCC(N)=O)c1)Cc1ccc(C)s1. The fourth-order valence-corrected chi connectivity index (χ4v) is 3.24. The molecule has 0 bridgehead atoms. The van der Waals surface area contributed by atoms with E-state index < -0.39 is 5.91 Å². The summed E-state index contributed by atoms with van der Waals surface area (Å²) >= 11 is 1.81. The Balaban J connectivity index is 2.02. The molecule has 4 nitrogen and oxygen atoms in total. The Morgan fingerprint density at radius 1 is 1.35 bits per heavy atom. The summed E-state index contributed by atoms with van der Waals surface area (Å²) in [7, 11) is 0. The highest BCUT2D eigenvalue weighted by Gasteiger charge is 2.08. The molecule has 2 rings (SSSR count). The maximum absolute atomic E-state index is 10.8. The van der Waals surface area contributed by atoms with Crippen LogP contribution in [0.2, 0.25) is 0 Å². The molecular formula is C18H22N2O2S.